The van der Waals surface area contributed by atoms with Crippen molar-refractivity contribution in [1.82, 2.24) is 9.97 Å². The Morgan fingerprint density at radius 3 is 2.67 bits per heavy atom. The number of carbonyl (C=O) groups is 2. The first-order valence-electron chi connectivity index (χ1n) is 16.1. The Morgan fingerprint density at radius 1 is 1.13 bits per heavy atom. The van der Waals surface area contributed by atoms with Crippen molar-refractivity contribution >= 4 is 23.0 Å². The van der Waals surface area contributed by atoms with Crippen LogP contribution in [0.3, 0.4) is 0 Å². The summed E-state index contributed by atoms with van der Waals surface area (Å²) in [6, 6.07) is 9.28. The number of rotatable bonds is 16. The number of anilines is 1. The molecule has 240 valence electrons. The zero-order chi connectivity index (χ0) is 32.0. The Labute approximate surface area is 264 Å². The fraction of sp³-hybridized carbons (Fsp3) is 0.472. The highest BCUT2D eigenvalue weighted by atomic mass is 16.5. The molecule has 1 aromatic carbocycles. The fourth-order valence-corrected chi connectivity index (χ4v) is 6.95. The maximum Gasteiger partial charge on any atom is 0.170 e. The molecule has 2 aromatic heterocycles. The van der Waals surface area contributed by atoms with Crippen molar-refractivity contribution in [2.24, 2.45) is 5.41 Å². The molecule has 5 rings (SSSR count). The van der Waals surface area contributed by atoms with Gasteiger partial charge in [-0.2, -0.15) is 11.9 Å². The van der Waals surface area contributed by atoms with Crippen molar-refractivity contribution in [2.75, 3.05) is 25.6 Å². The second kappa shape index (κ2) is 14.4. The molecular formula is C36H44N3O6-. The van der Waals surface area contributed by atoms with E-state index in [0.717, 1.165) is 66.9 Å². The Morgan fingerprint density at radius 2 is 1.93 bits per heavy atom. The summed E-state index contributed by atoms with van der Waals surface area (Å²) in [4.78, 5) is 34.5. The molecule has 2 aliphatic rings. The Kier molecular flexibility index (Phi) is 10.4. The van der Waals surface area contributed by atoms with E-state index in [-0.39, 0.29) is 37.4 Å². The van der Waals surface area contributed by atoms with Gasteiger partial charge in [0.15, 0.2) is 29.2 Å². The number of aryl methyl sites for hydroxylation is 1. The van der Waals surface area contributed by atoms with Crippen LogP contribution in [0, 0.1) is 5.41 Å². The van der Waals surface area contributed by atoms with Crippen molar-refractivity contribution in [3.8, 4) is 11.5 Å². The number of ether oxygens (including phenoxy) is 1. The van der Waals surface area contributed by atoms with Crippen LogP contribution in [-0.4, -0.2) is 58.2 Å². The number of benzene rings is 1. The number of aliphatic hydroxyl groups excluding tert-OH is 2. The van der Waals surface area contributed by atoms with Crippen LogP contribution in [-0.2, 0) is 22.4 Å². The molecule has 4 N–H and O–H groups in total. The summed E-state index contributed by atoms with van der Waals surface area (Å²) in [7, 11) is 1.47. The van der Waals surface area contributed by atoms with Gasteiger partial charge in [0.1, 0.15) is 5.82 Å². The van der Waals surface area contributed by atoms with Gasteiger partial charge in [0.2, 0.25) is 0 Å². The molecule has 1 aliphatic carbocycles. The molecule has 0 amide bonds. The van der Waals surface area contributed by atoms with E-state index < -0.39 is 29.0 Å². The third kappa shape index (κ3) is 6.84. The van der Waals surface area contributed by atoms with E-state index in [1.54, 1.807) is 18.5 Å². The minimum atomic E-state index is -1.63. The zero-order valence-corrected chi connectivity index (χ0v) is 26.2. The Hall–Kier alpha value is -3.95. The summed E-state index contributed by atoms with van der Waals surface area (Å²) in [5, 5.41) is 36.6. The van der Waals surface area contributed by atoms with Gasteiger partial charge in [0, 0.05) is 48.0 Å². The molecule has 0 spiro atoms. The van der Waals surface area contributed by atoms with Gasteiger partial charge in [-0.05, 0) is 54.5 Å². The summed E-state index contributed by atoms with van der Waals surface area (Å²) < 4.78 is 5.60. The van der Waals surface area contributed by atoms with Crippen LogP contribution in [0.2, 0.25) is 0 Å². The predicted octanol–water partition coefficient (Wildman–Crippen LogP) is 5.11. The SMILES string of the molecule is CCCCCCCC(=O)[C@H](O)C(=O)CCc1cc(OC)c(O)c([C@@H]2c3ccnc4c3C(=C[C@]2(CO)Cc2ccc[n-]2)CCN4)c1. The van der Waals surface area contributed by atoms with Crippen molar-refractivity contribution < 1.29 is 29.6 Å². The first kappa shape index (κ1) is 32.4. The average molecular weight is 615 g/mol. The number of pyridine rings is 1. The van der Waals surface area contributed by atoms with E-state index in [2.05, 4.69) is 28.3 Å². The number of carbonyl (C=O) groups excluding carboxylic acids is 2. The quantitative estimate of drug-likeness (QED) is 0.128. The van der Waals surface area contributed by atoms with E-state index >= 15 is 0 Å². The van der Waals surface area contributed by atoms with Crippen LogP contribution < -0.4 is 15.0 Å². The lowest BCUT2D eigenvalue weighted by molar-refractivity contribution is -0.138. The third-order valence-electron chi connectivity index (χ3n) is 9.25. The van der Waals surface area contributed by atoms with E-state index in [1.165, 1.54) is 7.11 Å². The van der Waals surface area contributed by atoms with Crippen LogP contribution >= 0.6 is 0 Å². The van der Waals surface area contributed by atoms with Crippen LogP contribution in [0.5, 0.6) is 11.5 Å². The van der Waals surface area contributed by atoms with Crippen molar-refractivity contribution in [2.45, 2.75) is 83.2 Å². The van der Waals surface area contributed by atoms with Gasteiger partial charge in [-0.25, -0.2) is 4.98 Å². The molecule has 1 aliphatic heterocycles. The van der Waals surface area contributed by atoms with Crippen LogP contribution in [0.1, 0.15) is 92.2 Å². The normalized spacial score (nSPS) is 19.3. The third-order valence-corrected chi connectivity index (χ3v) is 9.25. The van der Waals surface area contributed by atoms with Gasteiger partial charge in [0.05, 0.1) is 13.7 Å². The van der Waals surface area contributed by atoms with E-state index in [1.807, 2.05) is 24.3 Å². The van der Waals surface area contributed by atoms with E-state index in [0.29, 0.717) is 24.0 Å². The lowest BCUT2D eigenvalue weighted by atomic mass is 9.61. The van der Waals surface area contributed by atoms with Gasteiger partial charge in [-0.3, -0.25) is 9.59 Å². The number of methoxy groups -OCH3 is 1. The van der Waals surface area contributed by atoms with Crippen molar-refractivity contribution in [3.05, 3.63) is 76.7 Å². The van der Waals surface area contributed by atoms with Gasteiger partial charge in [0.25, 0.3) is 0 Å². The molecule has 0 bridgehead atoms. The van der Waals surface area contributed by atoms with Crippen LogP contribution in [0.15, 0.2) is 48.8 Å². The highest BCUT2D eigenvalue weighted by molar-refractivity contribution is 6.05. The average Bonchev–Trinajstić information content (AvgIpc) is 3.57. The molecule has 45 heavy (non-hydrogen) atoms. The molecule has 0 fully saturated rings. The lowest BCUT2D eigenvalue weighted by Gasteiger charge is -2.45. The number of aromatic nitrogens is 2. The number of hydrogen-bond donors (Lipinski definition) is 4. The number of phenols is 1. The second-order valence-corrected chi connectivity index (χ2v) is 12.3. The number of nitrogens with zero attached hydrogens (tertiary/aromatic N) is 2. The monoisotopic (exact) mass is 614 g/mol. The summed E-state index contributed by atoms with van der Waals surface area (Å²) in [6.45, 7) is 2.65. The standard InChI is InChI=1S/C36H44N3O6/c1-3-4-5-6-7-10-28(41)34(44)29(42)12-11-23-18-27(33(43)30(19-23)45-2)32-26-14-17-39-35-31(26)24(13-16-38-35)20-36(32,22-40)21-25-9-8-15-37-25/h8-9,14-15,17-20,32,34,40,43-44H,3-7,10-13,16,21-22H2,1-2H3,(H,38,39)/q-1/t32-,34-,36+/m0/s1. The molecule has 3 aromatic rings. The molecular weight excluding hydrogens is 570 g/mol. The maximum atomic E-state index is 12.9. The van der Waals surface area contributed by atoms with Gasteiger partial charge < -0.3 is 30.4 Å². The molecule has 9 nitrogen and oxygen atoms in total. The second-order valence-electron chi connectivity index (χ2n) is 12.3. The number of unbranched alkanes of at least 4 members (excludes halogenated alkanes) is 4. The van der Waals surface area contributed by atoms with Crippen molar-refractivity contribution in [1.29, 1.82) is 0 Å². The highest BCUT2D eigenvalue weighted by Crippen LogP contribution is 2.56. The topological polar surface area (TPSA) is 143 Å². The maximum absolute atomic E-state index is 12.9. The largest absolute Gasteiger partial charge is 0.668 e. The van der Waals surface area contributed by atoms with Gasteiger partial charge >= 0.3 is 0 Å². The molecule has 0 radical (unpaired) electrons. The molecule has 0 unspecified atom stereocenters. The number of nitrogens with one attached hydrogen (secondary N) is 1. The highest BCUT2D eigenvalue weighted by Gasteiger charge is 2.45. The summed E-state index contributed by atoms with van der Waals surface area (Å²) in [5.74, 6) is -0.485. The van der Waals surface area contributed by atoms with Gasteiger partial charge in [-0.15, -0.1) is 0 Å². The minimum Gasteiger partial charge on any atom is -0.668 e. The number of phenolic OH excluding ortho intramolecular Hbond substituents is 1. The van der Waals surface area contributed by atoms with E-state index in [4.69, 9.17) is 4.74 Å². The minimum absolute atomic E-state index is 0.0397. The Balaban J connectivity index is 1.47. The van der Waals surface area contributed by atoms with Crippen molar-refractivity contribution in [3.63, 3.8) is 0 Å². The first-order chi connectivity index (χ1) is 21.8. The van der Waals surface area contributed by atoms with Gasteiger partial charge in [-0.1, -0.05) is 56.9 Å². The molecule has 0 saturated heterocycles. The fourth-order valence-electron chi connectivity index (χ4n) is 6.95. The first-order valence-corrected chi connectivity index (χ1v) is 16.1. The zero-order valence-electron chi connectivity index (χ0n) is 26.2. The number of Topliss-reactive ketones (excluding diaryl/α,β-unsaturated/α-hetero) is 2. The number of ketones is 2. The smallest absolute Gasteiger partial charge is 0.170 e. The molecule has 3 heterocycles. The molecule has 0 saturated carbocycles. The van der Waals surface area contributed by atoms with Crippen LogP contribution in [0.4, 0.5) is 5.82 Å². The van der Waals surface area contributed by atoms with E-state index in [9.17, 15) is 24.9 Å². The van der Waals surface area contributed by atoms with Crippen LogP contribution in [0.25, 0.3) is 5.57 Å². The lowest BCUT2D eigenvalue weighted by Crippen LogP contribution is -2.38. The molecule has 9 heteroatoms. The number of hydrogen-bond acceptors (Lipinski definition) is 8. The number of aliphatic hydroxyl groups is 2. The Bertz CT molecular complexity index is 1530. The summed E-state index contributed by atoms with van der Waals surface area (Å²) >= 11 is 0. The molecule has 3 atom stereocenters. The number of aromatic hydroxyl groups is 1. The summed E-state index contributed by atoms with van der Waals surface area (Å²) in [5.41, 5.74) is 4.25. The summed E-state index contributed by atoms with van der Waals surface area (Å²) in [6.07, 6.45) is 10.4. The predicted molar refractivity (Wildman–Crippen MR) is 173 cm³/mol.